The number of para-hydroxylation sites is 2. The smallest absolute Gasteiger partial charge is 0.295 e. The van der Waals surface area contributed by atoms with Crippen molar-refractivity contribution in [3.05, 3.63) is 30.1 Å². The fourth-order valence-electron chi connectivity index (χ4n) is 1.72. The van der Waals surface area contributed by atoms with Gasteiger partial charge in [0.1, 0.15) is 0 Å². The summed E-state index contributed by atoms with van der Waals surface area (Å²) in [6, 6.07) is 7.23. The summed E-state index contributed by atoms with van der Waals surface area (Å²) < 4.78 is 27.0. The minimum atomic E-state index is -2.51. The molecule has 0 spiro atoms. The first-order valence-corrected chi connectivity index (χ1v) is 4.97. The van der Waals surface area contributed by atoms with Crippen LogP contribution in [0, 0.1) is 0 Å². The third kappa shape index (κ3) is 1.71. The summed E-state index contributed by atoms with van der Waals surface area (Å²) in [4.78, 5) is 3.94. The summed E-state index contributed by atoms with van der Waals surface area (Å²) in [6.07, 6.45) is -1.69. The van der Waals surface area contributed by atoms with Crippen LogP contribution in [-0.4, -0.2) is 9.55 Å². The second-order valence-electron chi connectivity index (χ2n) is 3.41. The first-order valence-electron chi connectivity index (χ1n) is 4.97. The molecule has 0 unspecified atom stereocenters. The van der Waals surface area contributed by atoms with E-state index in [4.69, 9.17) is 0 Å². The first kappa shape index (κ1) is 10.1. The lowest BCUT2D eigenvalue weighted by atomic mass is 10.3. The van der Waals surface area contributed by atoms with Crippen LogP contribution < -0.4 is 0 Å². The van der Waals surface area contributed by atoms with Gasteiger partial charge in [0.25, 0.3) is 6.43 Å². The van der Waals surface area contributed by atoms with Crippen molar-refractivity contribution in [2.24, 2.45) is 0 Å². The van der Waals surface area contributed by atoms with E-state index < -0.39 is 6.43 Å². The highest BCUT2D eigenvalue weighted by Crippen LogP contribution is 2.24. The van der Waals surface area contributed by atoms with Gasteiger partial charge < -0.3 is 4.57 Å². The summed E-state index contributed by atoms with van der Waals surface area (Å²) in [5.41, 5.74) is 1.43. The fraction of sp³-hybridized carbons (Fsp3) is 0.364. The van der Waals surface area contributed by atoms with E-state index in [1.54, 1.807) is 16.7 Å². The molecule has 0 amide bonds. The van der Waals surface area contributed by atoms with E-state index in [1.807, 2.05) is 19.1 Å². The Morgan fingerprint density at radius 1 is 1.33 bits per heavy atom. The van der Waals surface area contributed by atoms with E-state index in [9.17, 15) is 8.78 Å². The van der Waals surface area contributed by atoms with Crippen molar-refractivity contribution in [2.75, 3.05) is 0 Å². The van der Waals surface area contributed by atoms with Crippen LogP contribution in [0.25, 0.3) is 11.0 Å². The molecule has 0 atom stereocenters. The number of benzene rings is 1. The number of hydrogen-bond donors (Lipinski definition) is 0. The topological polar surface area (TPSA) is 17.8 Å². The predicted molar refractivity (Wildman–Crippen MR) is 55.0 cm³/mol. The second-order valence-corrected chi connectivity index (χ2v) is 3.41. The second kappa shape index (κ2) is 3.96. The number of alkyl halides is 2. The summed E-state index contributed by atoms with van der Waals surface area (Å²) in [7, 11) is 0. The van der Waals surface area contributed by atoms with Crippen LogP contribution in [0.2, 0.25) is 0 Å². The van der Waals surface area contributed by atoms with Crippen LogP contribution in [0.4, 0.5) is 8.78 Å². The quantitative estimate of drug-likeness (QED) is 0.759. The van der Waals surface area contributed by atoms with Crippen molar-refractivity contribution in [3.63, 3.8) is 0 Å². The molecule has 2 rings (SSSR count). The Kier molecular flexibility index (Phi) is 2.66. The van der Waals surface area contributed by atoms with Gasteiger partial charge in [-0.25, -0.2) is 13.8 Å². The van der Waals surface area contributed by atoms with Gasteiger partial charge in [-0.3, -0.25) is 0 Å². The molecule has 80 valence electrons. The van der Waals surface area contributed by atoms with E-state index in [0.29, 0.717) is 12.1 Å². The van der Waals surface area contributed by atoms with Crippen molar-refractivity contribution in [1.82, 2.24) is 9.55 Å². The molecule has 1 aromatic carbocycles. The molecule has 1 aromatic heterocycles. The van der Waals surface area contributed by atoms with Crippen LogP contribution in [0.3, 0.4) is 0 Å². The molecular weight excluding hydrogens is 198 g/mol. The zero-order chi connectivity index (χ0) is 10.8. The van der Waals surface area contributed by atoms with Crippen molar-refractivity contribution in [2.45, 2.75) is 26.3 Å². The van der Waals surface area contributed by atoms with Crippen molar-refractivity contribution >= 4 is 11.0 Å². The number of aryl methyl sites for hydroxylation is 1. The highest BCUT2D eigenvalue weighted by molar-refractivity contribution is 5.75. The largest absolute Gasteiger partial charge is 0.323 e. The molecule has 0 aliphatic heterocycles. The highest BCUT2D eigenvalue weighted by Gasteiger charge is 2.17. The Morgan fingerprint density at radius 3 is 2.73 bits per heavy atom. The summed E-state index contributed by atoms with van der Waals surface area (Å²) >= 11 is 0. The maximum absolute atomic E-state index is 12.7. The highest BCUT2D eigenvalue weighted by atomic mass is 19.3. The minimum absolute atomic E-state index is 0.127. The maximum atomic E-state index is 12.7. The third-order valence-corrected chi connectivity index (χ3v) is 2.33. The van der Waals surface area contributed by atoms with Crippen molar-refractivity contribution < 1.29 is 8.78 Å². The van der Waals surface area contributed by atoms with Gasteiger partial charge in [0.15, 0.2) is 5.82 Å². The number of aromatic nitrogens is 2. The van der Waals surface area contributed by atoms with Gasteiger partial charge in [0, 0.05) is 6.54 Å². The van der Waals surface area contributed by atoms with Gasteiger partial charge in [-0.15, -0.1) is 0 Å². The molecule has 0 fully saturated rings. The Balaban J connectivity index is 2.63. The van der Waals surface area contributed by atoms with Gasteiger partial charge in [-0.1, -0.05) is 19.1 Å². The van der Waals surface area contributed by atoms with Crippen LogP contribution in [0.1, 0.15) is 25.6 Å². The Labute approximate surface area is 86.5 Å². The summed E-state index contributed by atoms with van der Waals surface area (Å²) in [6.45, 7) is 2.55. The Morgan fingerprint density at radius 2 is 2.07 bits per heavy atom. The van der Waals surface area contributed by atoms with Gasteiger partial charge in [0.2, 0.25) is 0 Å². The molecule has 2 aromatic rings. The molecule has 0 aliphatic carbocycles. The Bertz CT molecular complexity index is 463. The van der Waals surface area contributed by atoms with Crippen molar-refractivity contribution in [3.8, 4) is 0 Å². The van der Waals surface area contributed by atoms with E-state index in [0.717, 1.165) is 11.9 Å². The zero-order valence-electron chi connectivity index (χ0n) is 8.45. The number of fused-ring (bicyclic) bond motifs is 1. The fourth-order valence-corrected chi connectivity index (χ4v) is 1.72. The van der Waals surface area contributed by atoms with Crippen LogP contribution in [-0.2, 0) is 6.54 Å². The van der Waals surface area contributed by atoms with Gasteiger partial charge in [-0.05, 0) is 18.6 Å². The molecule has 1 heterocycles. The molecule has 0 N–H and O–H groups in total. The average molecular weight is 210 g/mol. The monoisotopic (exact) mass is 210 g/mol. The van der Waals surface area contributed by atoms with Gasteiger partial charge in [-0.2, -0.15) is 0 Å². The molecule has 0 bridgehead atoms. The first-order chi connectivity index (χ1) is 7.24. The number of imidazole rings is 1. The number of halogens is 2. The van der Waals surface area contributed by atoms with E-state index in [2.05, 4.69) is 4.98 Å². The maximum Gasteiger partial charge on any atom is 0.295 e. The lowest BCUT2D eigenvalue weighted by molar-refractivity contribution is 0.136. The summed E-state index contributed by atoms with van der Waals surface area (Å²) in [5, 5.41) is 0. The van der Waals surface area contributed by atoms with E-state index in [-0.39, 0.29) is 5.82 Å². The minimum Gasteiger partial charge on any atom is -0.323 e. The average Bonchev–Trinajstić information content (AvgIpc) is 2.58. The molecule has 0 aliphatic rings. The molecule has 0 saturated heterocycles. The number of hydrogen-bond acceptors (Lipinski definition) is 1. The van der Waals surface area contributed by atoms with Gasteiger partial charge >= 0.3 is 0 Å². The molecule has 0 saturated carbocycles. The zero-order valence-corrected chi connectivity index (χ0v) is 8.45. The van der Waals surface area contributed by atoms with Crippen LogP contribution in [0.5, 0.6) is 0 Å². The molecular formula is C11H12F2N2. The normalized spacial score (nSPS) is 11.5. The lowest BCUT2D eigenvalue weighted by Crippen LogP contribution is -2.03. The van der Waals surface area contributed by atoms with E-state index in [1.165, 1.54) is 0 Å². The van der Waals surface area contributed by atoms with Gasteiger partial charge in [0.05, 0.1) is 11.0 Å². The third-order valence-electron chi connectivity index (χ3n) is 2.33. The standard InChI is InChI=1S/C11H12F2N2/c1-2-7-15-9-6-4-3-5-8(9)14-11(15)10(12)13/h3-6,10H,2,7H2,1H3. The van der Waals surface area contributed by atoms with E-state index >= 15 is 0 Å². The lowest BCUT2D eigenvalue weighted by Gasteiger charge is -2.05. The van der Waals surface area contributed by atoms with Crippen LogP contribution >= 0.6 is 0 Å². The number of nitrogens with zero attached hydrogens (tertiary/aromatic N) is 2. The van der Waals surface area contributed by atoms with Crippen molar-refractivity contribution in [1.29, 1.82) is 0 Å². The molecule has 0 radical (unpaired) electrons. The molecule has 2 nitrogen and oxygen atoms in total. The predicted octanol–water partition coefficient (Wildman–Crippen LogP) is 3.38. The number of rotatable bonds is 3. The molecule has 4 heteroatoms. The Hall–Kier alpha value is -1.45. The summed E-state index contributed by atoms with van der Waals surface area (Å²) in [5.74, 6) is -0.127. The van der Waals surface area contributed by atoms with Crippen LogP contribution in [0.15, 0.2) is 24.3 Å². The molecule has 15 heavy (non-hydrogen) atoms. The SMILES string of the molecule is CCCn1c(C(F)F)nc2ccccc21.